The van der Waals surface area contributed by atoms with Crippen molar-refractivity contribution in [1.29, 1.82) is 0 Å². The van der Waals surface area contributed by atoms with E-state index in [-0.39, 0.29) is 4.99 Å². The highest BCUT2D eigenvalue weighted by molar-refractivity contribution is 7.80. The van der Waals surface area contributed by atoms with Gasteiger partial charge in [0.15, 0.2) is 0 Å². The Morgan fingerprint density at radius 2 is 2.11 bits per heavy atom. The fourth-order valence-corrected chi connectivity index (χ4v) is 1.68. The number of thiocarbonyl (C=S) groups is 1. The molecule has 18 heavy (non-hydrogen) atoms. The van der Waals surface area contributed by atoms with E-state index in [2.05, 4.69) is 15.3 Å². The van der Waals surface area contributed by atoms with Gasteiger partial charge in [0.2, 0.25) is 0 Å². The van der Waals surface area contributed by atoms with Gasteiger partial charge in [0.1, 0.15) is 16.5 Å². The number of halogens is 1. The number of nitrogens with two attached hydrogens (primary N) is 1. The molecule has 0 atom stereocenters. The van der Waals surface area contributed by atoms with Crippen molar-refractivity contribution >= 4 is 40.3 Å². The third-order valence-corrected chi connectivity index (χ3v) is 3.07. The first-order valence-corrected chi connectivity index (χ1v) is 6.00. The summed E-state index contributed by atoms with van der Waals surface area (Å²) in [6, 6.07) is 5.73. The molecule has 1 aromatic heterocycles. The smallest absolute Gasteiger partial charge is 0.148 e. The molecule has 4 nitrogen and oxygen atoms in total. The van der Waals surface area contributed by atoms with Gasteiger partial charge in [-0.05, 0) is 18.6 Å². The van der Waals surface area contributed by atoms with E-state index in [0.29, 0.717) is 16.5 Å². The van der Waals surface area contributed by atoms with Gasteiger partial charge in [-0.1, -0.05) is 36.0 Å². The molecule has 2 aromatic rings. The zero-order valence-corrected chi connectivity index (χ0v) is 11.2. The van der Waals surface area contributed by atoms with Crippen LogP contribution in [0.5, 0.6) is 0 Å². The Morgan fingerprint density at radius 1 is 1.33 bits per heavy atom. The van der Waals surface area contributed by atoms with E-state index in [1.54, 1.807) is 6.20 Å². The lowest BCUT2D eigenvalue weighted by molar-refractivity contribution is 1.18. The van der Waals surface area contributed by atoms with Crippen LogP contribution in [0.1, 0.15) is 11.3 Å². The summed E-state index contributed by atoms with van der Waals surface area (Å²) >= 11 is 11.0. The number of anilines is 2. The Balaban J connectivity index is 2.24. The van der Waals surface area contributed by atoms with Crippen LogP contribution in [-0.2, 0) is 0 Å². The highest BCUT2D eigenvalue weighted by Gasteiger charge is 2.04. The maximum atomic E-state index is 6.17. The molecule has 2 rings (SSSR count). The summed E-state index contributed by atoms with van der Waals surface area (Å²) in [6.45, 7) is 1.94. The van der Waals surface area contributed by atoms with Gasteiger partial charge in [0, 0.05) is 0 Å². The number of hydrogen-bond donors (Lipinski definition) is 2. The third-order valence-electron chi connectivity index (χ3n) is 2.36. The van der Waals surface area contributed by atoms with Gasteiger partial charge >= 0.3 is 0 Å². The van der Waals surface area contributed by atoms with Crippen molar-refractivity contribution in [3.63, 3.8) is 0 Å². The summed E-state index contributed by atoms with van der Waals surface area (Å²) in [7, 11) is 0. The molecule has 0 amide bonds. The monoisotopic (exact) mass is 278 g/mol. The number of nitrogens with zero attached hydrogens (tertiary/aromatic N) is 2. The molecule has 1 aromatic carbocycles. The van der Waals surface area contributed by atoms with Crippen molar-refractivity contribution in [3.05, 3.63) is 46.9 Å². The summed E-state index contributed by atoms with van der Waals surface area (Å²) in [5.74, 6) is 0.586. The van der Waals surface area contributed by atoms with Gasteiger partial charge in [-0.2, -0.15) is 0 Å². The second-order valence-corrected chi connectivity index (χ2v) is 4.53. The van der Waals surface area contributed by atoms with Gasteiger partial charge in [-0.25, -0.2) is 9.97 Å². The second kappa shape index (κ2) is 5.29. The zero-order chi connectivity index (χ0) is 13.1. The molecule has 0 aliphatic rings. The zero-order valence-electron chi connectivity index (χ0n) is 9.64. The van der Waals surface area contributed by atoms with Crippen molar-refractivity contribution < 1.29 is 0 Å². The first-order chi connectivity index (χ1) is 8.58. The third kappa shape index (κ3) is 2.75. The predicted octanol–water partition coefficient (Wildman–Crippen LogP) is 2.82. The van der Waals surface area contributed by atoms with Crippen molar-refractivity contribution in [2.45, 2.75) is 6.92 Å². The van der Waals surface area contributed by atoms with Crippen LogP contribution in [0.4, 0.5) is 11.5 Å². The Hall–Kier alpha value is -1.72. The maximum Gasteiger partial charge on any atom is 0.148 e. The van der Waals surface area contributed by atoms with Crippen LogP contribution in [0, 0.1) is 6.92 Å². The molecular weight excluding hydrogens is 268 g/mol. The molecule has 0 fully saturated rings. The van der Waals surface area contributed by atoms with Crippen molar-refractivity contribution in [3.8, 4) is 0 Å². The van der Waals surface area contributed by atoms with Crippen LogP contribution in [0.25, 0.3) is 0 Å². The fraction of sp³-hybridized carbons (Fsp3) is 0.0833. The van der Waals surface area contributed by atoms with E-state index in [1.807, 2.05) is 25.1 Å². The highest BCUT2D eigenvalue weighted by Crippen LogP contribution is 2.27. The van der Waals surface area contributed by atoms with E-state index in [4.69, 9.17) is 29.6 Å². The first-order valence-electron chi connectivity index (χ1n) is 5.22. The Kier molecular flexibility index (Phi) is 3.74. The molecule has 1 heterocycles. The van der Waals surface area contributed by atoms with Gasteiger partial charge in [0.05, 0.1) is 23.1 Å². The summed E-state index contributed by atoms with van der Waals surface area (Å²) in [5, 5.41) is 3.75. The minimum atomic E-state index is 0.225. The van der Waals surface area contributed by atoms with Crippen molar-refractivity contribution in [2.75, 3.05) is 5.32 Å². The standard InChI is InChI=1S/C12H11ClN4S/c1-7-3-2-4-8(11(7)13)17-10-6-15-9(5-16-10)12(14)18/h2-6H,1H3,(H2,14,18)(H,16,17). The molecule has 0 saturated carbocycles. The van der Waals surface area contributed by atoms with Crippen LogP contribution in [-0.4, -0.2) is 15.0 Å². The van der Waals surface area contributed by atoms with Gasteiger partial charge in [0.25, 0.3) is 0 Å². The molecule has 6 heteroatoms. The van der Waals surface area contributed by atoms with E-state index in [9.17, 15) is 0 Å². The van der Waals surface area contributed by atoms with Crippen LogP contribution in [0.3, 0.4) is 0 Å². The van der Waals surface area contributed by atoms with E-state index in [0.717, 1.165) is 11.3 Å². The normalized spacial score (nSPS) is 10.1. The van der Waals surface area contributed by atoms with Crippen LogP contribution in [0.2, 0.25) is 5.02 Å². The number of nitrogens with one attached hydrogen (secondary N) is 1. The molecular formula is C12H11ClN4S. The van der Waals surface area contributed by atoms with Crippen LogP contribution >= 0.6 is 23.8 Å². The van der Waals surface area contributed by atoms with E-state index < -0.39 is 0 Å². The number of aromatic nitrogens is 2. The number of aryl methyl sites for hydroxylation is 1. The van der Waals surface area contributed by atoms with Gasteiger partial charge in [-0.3, -0.25) is 0 Å². The lowest BCUT2D eigenvalue weighted by Gasteiger charge is -2.09. The molecule has 92 valence electrons. The topological polar surface area (TPSA) is 63.8 Å². The second-order valence-electron chi connectivity index (χ2n) is 3.71. The lowest BCUT2D eigenvalue weighted by Crippen LogP contribution is -2.12. The molecule has 0 aliphatic carbocycles. The van der Waals surface area contributed by atoms with Crippen LogP contribution in [0.15, 0.2) is 30.6 Å². The summed E-state index contributed by atoms with van der Waals surface area (Å²) < 4.78 is 0. The largest absolute Gasteiger partial charge is 0.388 e. The van der Waals surface area contributed by atoms with Crippen molar-refractivity contribution in [2.24, 2.45) is 5.73 Å². The Bertz CT molecular complexity index is 583. The fourth-order valence-electron chi connectivity index (χ4n) is 1.40. The highest BCUT2D eigenvalue weighted by atomic mass is 35.5. The van der Waals surface area contributed by atoms with E-state index >= 15 is 0 Å². The van der Waals surface area contributed by atoms with Gasteiger partial charge in [-0.15, -0.1) is 0 Å². The predicted molar refractivity (Wildman–Crippen MR) is 77.4 cm³/mol. The van der Waals surface area contributed by atoms with E-state index in [1.165, 1.54) is 6.20 Å². The molecule has 0 radical (unpaired) electrons. The Labute approximate surface area is 115 Å². The summed E-state index contributed by atoms with van der Waals surface area (Å²) in [6.07, 6.45) is 3.08. The van der Waals surface area contributed by atoms with Crippen LogP contribution < -0.4 is 11.1 Å². The lowest BCUT2D eigenvalue weighted by atomic mass is 10.2. The van der Waals surface area contributed by atoms with Gasteiger partial charge < -0.3 is 11.1 Å². The van der Waals surface area contributed by atoms with Crippen molar-refractivity contribution in [1.82, 2.24) is 9.97 Å². The number of hydrogen-bond acceptors (Lipinski definition) is 4. The number of benzene rings is 1. The summed E-state index contributed by atoms with van der Waals surface area (Å²) in [4.78, 5) is 8.48. The minimum absolute atomic E-state index is 0.225. The molecule has 0 aliphatic heterocycles. The average molecular weight is 279 g/mol. The first kappa shape index (κ1) is 12.7. The molecule has 3 N–H and O–H groups in total. The minimum Gasteiger partial charge on any atom is -0.388 e. The Morgan fingerprint density at radius 3 is 2.72 bits per heavy atom. The maximum absolute atomic E-state index is 6.17. The quantitative estimate of drug-likeness (QED) is 0.845. The molecule has 0 spiro atoms. The number of rotatable bonds is 3. The SMILES string of the molecule is Cc1cccc(Nc2cnc(C(N)=S)cn2)c1Cl. The molecule has 0 unspecified atom stereocenters. The molecule has 0 bridgehead atoms. The average Bonchev–Trinajstić information content (AvgIpc) is 2.36. The molecule has 0 saturated heterocycles. The summed E-state index contributed by atoms with van der Waals surface area (Å²) in [5.41, 5.74) is 7.72.